The number of carbonyl (C=O) groups is 3. The maximum Gasteiger partial charge on any atom is 0.337 e. The van der Waals surface area contributed by atoms with Crippen molar-refractivity contribution in [2.45, 2.75) is 0 Å². The predicted molar refractivity (Wildman–Crippen MR) is 98.1 cm³/mol. The lowest BCUT2D eigenvalue weighted by molar-refractivity contribution is 0.0694. The largest absolute Gasteiger partial charge is 0.478 e. The van der Waals surface area contributed by atoms with Crippen LogP contribution in [0.2, 0.25) is 0 Å². The van der Waals surface area contributed by atoms with Crippen LogP contribution in [0.15, 0.2) is 0 Å². The SMILES string of the molecule is CN(C)C(=O)c1c(I)c(C(N)=O)c(I)c(C(=O)O)c1I. The summed E-state index contributed by atoms with van der Waals surface area (Å²) in [5.74, 6) is -2.34. The monoisotopic (exact) mass is 614 g/mol. The number of benzene rings is 1. The highest BCUT2D eigenvalue weighted by Crippen LogP contribution is 2.32. The first-order valence-electron chi connectivity index (χ1n) is 5.06. The number of nitrogens with zero attached hydrogens (tertiary/aromatic N) is 1. The van der Waals surface area contributed by atoms with Crippen LogP contribution < -0.4 is 5.73 Å². The molecule has 0 atom stereocenters. The molecule has 0 aliphatic rings. The molecule has 0 saturated carbocycles. The molecule has 1 aromatic rings. The van der Waals surface area contributed by atoms with Gasteiger partial charge in [0.05, 0.1) is 16.7 Å². The minimum Gasteiger partial charge on any atom is -0.478 e. The van der Waals surface area contributed by atoms with Crippen LogP contribution in [0.5, 0.6) is 0 Å². The van der Waals surface area contributed by atoms with E-state index in [2.05, 4.69) is 0 Å². The Balaban J connectivity index is 3.90. The smallest absolute Gasteiger partial charge is 0.337 e. The van der Waals surface area contributed by atoms with Crippen LogP contribution in [0.4, 0.5) is 0 Å². The van der Waals surface area contributed by atoms with E-state index in [0.717, 1.165) is 0 Å². The zero-order valence-corrected chi connectivity index (χ0v) is 16.8. The molecular formula is C11H9I3N2O4. The minimum atomic E-state index is -1.20. The second-order valence-corrected chi connectivity index (χ2v) is 7.17. The molecular weight excluding hydrogens is 605 g/mol. The lowest BCUT2D eigenvalue weighted by Gasteiger charge is -2.18. The number of halogens is 3. The second-order valence-electron chi connectivity index (χ2n) is 3.94. The van der Waals surface area contributed by atoms with Crippen LogP contribution in [0, 0.1) is 10.7 Å². The number of hydrogen-bond donors (Lipinski definition) is 2. The summed E-state index contributed by atoms with van der Waals surface area (Å²) in [6, 6.07) is 0. The van der Waals surface area contributed by atoms with E-state index in [-0.39, 0.29) is 26.2 Å². The van der Waals surface area contributed by atoms with E-state index in [0.29, 0.717) is 7.14 Å². The molecule has 6 nitrogen and oxygen atoms in total. The molecule has 0 heterocycles. The molecule has 0 unspecified atom stereocenters. The van der Waals surface area contributed by atoms with Gasteiger partial charge >= 0.3 is 5.97 Å². The van der Waals surface area contributed by atoms with E-state index in [4.69, 9.17) is 5.73 Å². The summed E-state index contributed by atoms with van der Waals surface area (Å²) in [6.07, 6.45) is 0. The van der Waals surface area contributed by atoms with Crippen LogP contribution in [0.25, 0.3) is 0 Å². The number of nitrogens with two attached hydrogens (primary N) is 1. The first-order valence-corrected chi connectivity index (χ1v) is 8.30. The van der Waals surface area contributed by atoms with Crippen LogP contribution in [-0.4, -0.2) is 41.9 Å². The molecule has 20 heavy (non-hydrogen) atoms. The zero-order valence-electron chi connectivity index (χ0n) is 10.3. The summed E-state index contributed by atoms with van der Waals surface area (Å²) >= 11 is 5.42. The van der Waals surface area contributed by atoms with Gasteiger partial charge in [-0.15, -0.1) is 0 Å². The van der Waals surface area contributed by atoms with Crippen molar-refractivity contribution in [3.8, 4) is 0 Å². The van der Waals surface area contributed by atoms with Gasteiger partial charge in [0.1, 0.15) is 0 Å². The predicted octanol–water partition coefficient (Wildman–Crippen LogP) is 2.00. The molecule has 0 radical (unpaired) electrons. The van der Waals surface area contributed by atoms with E-state index in [1.165, 1.54) is 4.90 Å². The molecule has 0 bridgehead atoms. The number of amides is 2. The van der Waals surface area contributed by atoms with E-state index >= 15 is 0 Å². The molecule has 0 aliphatic heterocycles. The minimum absolute atomic E-state index is 0.0641. The summed E-state index contributed by atoms with van der Waals surface area (Å²) in [6.45, 7) is 0. The van der Waals surface area contributed by atoms with Gasteiger partial charge in [-0.1, -0.05) is 0 Å². The Hall–Kier alpha value is -0.180. The Morgan fingerprint density at radius 2 is 1.35 bits per heavy atom. The van der Waals surface area contributed by atoms with Gasteiger partial charge < -0.3 is 15.7 Å². The number of carboxylic acids is 1. The molecule has 9 heteroatoms. The average molecular weight is 614 g/mol. The van der Waals surface area contributed by atoms with Gasteiger partial charge in [0.25, 0.3) is 11.8 Å². The maximum atomic E-state index is 12.2. The van der Waals surface area contributed by atoms with Crippen molar-refractivity contribution in [3.05, 3.63) is 27.4 Å². The van der Waals surface area contributed by atoms with Gasteiger partial charge in [-0.05, 0) is 67.8 Å². The standard InChI is InChI=1S/C11H9I3N2O4/c1-16(2)10(18)4-6(12)3(9(15)17)7(13)5(8(4)14)11(19)20/h1-2H3,(H2,15,17)(H,19,20). The fraction of sp³-hybridized carbons (Fsp3) is 0.182. The lowest BCUT2D eigenvalue weighted by Crippen LogP contribution is -2.28. The molecule has 0 saturated heterocycles. The molecule has 0 spiro atoms. The summed E-state index contributed by atoms with van der Waals surface area (Å²) in [5.41, 5.74) is 5.48. The normalized spacial score (nSPS) is 10.2. The van der Waals surface area contributed by atoms with Crippen LogP contribution in [-0.2, 0) is 0 Å². The van der Waals surface area contributed by atoms with Gasteiger partial charge in [-0.3, -0.25) is 9.59 Å². The Morgan fingerprint density at radius 3 is 1.70 bits per heavy atom. The molecule has 2 amide bonds. The zero-order chi connectivity index (χ0) is 15.8. The molecule has 1 rings (SSSR count). The summed E-state index contributed by atoms with van der Waals surface area (Å²) in [4.78, 5) is 36.5. The van der Waals surface area contributed by atoms with Gasteiger partial charge in [0, 0.05) is 24.8 Å². The van der Waals surface area contributed by atoms with Gasteiger partial charge in [0.2, 0.25) is 0 Å². The van der Waals surface area contributed by atoms with Crippen molar-refractivity contribution in [1.29, 1.82) is 0 Å². The second kappa shape index (κ2) is 6.72. The number of carboxylic acid groups (broad SMARTS) is 1. The van der Waals surface area contributed by atoms with Crippen molar-refractivity contribution in [2.24, 2.45) is 5.73 Å². The van der Waals surface area contributed by atoms with Gasteiger partial charge in [0.15, 0.2) is 0 Å². The Kier molecular flexibility index (Phi) is 6.01. The number of hydrogen-bond acceptors (Lipinski definition) is 3. The Labute approximate surface area is 155 Å². The third-order valence-corrected chi connectivity index (χ3v) is 5.63. The van der Waals surface area contributed by atoms with Gasteiger partial charge in [-0.2, -0.15) is 0 Å². The fourth-order valence-electron chi connectivity index (χ4n) is 1.48. The van der Waals surface area contributed by atoms with E-state index < -0.39 is 11.9 Å². The first-order chi connectivity index (χ1) is 9.11. The highest BCUT2D eigenvalue weighted by molar-refractivity contribution is 14.1. The lowest BCUT2D eigenvalue weighted by atomic mass is 10.0. The summed E-state index contributed by atoms with van der Waals surface area (Å²) in [5, 5.41) is 9.30. The van der Waals surface area contributed by atoms with Crippen molar-refractivity contribution in [1.82, 2.24) is 4.90 Å². The quantitative estimate of drug-likeness (QED) is 0.510. The number of carbonyl (C=O) groups excluding carboxylic acids is 2. The van der Waals surface area contributed by atoms with Crippen molar-refractivity contribution in [3.63, 3.8) is 0 Å². The van der Waals surface area contributed by atoms with E-state index in [9.17, 15) is 19.5 Å². The third-order valence-electron chi connectivity index (χ3n) is 2.40. The van der Waals surface area contributed by atoms with Crippen LogP contribution in [0.3, 0.4) is 0 Å². The molecule has 108 valence electrons. The summed E-state index contributed by atoms with van der Waals surface area (Å²) < 4.78 is 0.909. The van der Waals surface area contributed by atoms with Crippen molar-refractivity contribution in [2.75, 3.05) is 14.1 Å². The highest BCUT2D eigenvalue weighted by Gasteiger charge is 2.29. The van der Waals surface area contributed by atoms with Crippen molar-refractivity contribution < 1.29 is 19.5 Å². The molecule has 0 aliphatic carbocycles. The highest BCUT2D eigenvalue weighted by atomic mass is 127. The van der Waals surface area contributed by atoms with E-state index in [1.807, 2.05) is 22.6 Å². The third kappa shape index (κ3) is 3.18. The average Bonchev–Trinajstić information content (AvgIpc) is 2.26. The van der Waals surface area contributed by atoms with E-state index in [1.54, 1.807) is 59.3 Å². The van der Waals surface area contributed by atoms with Crippen LogP contribution in [0.1, 0.15) is 31.1 Å². The number of rotatable bonds is 3. The first kappa shape index (κ1) is 17.9. The molecule has 0 aromatic heterocycles. The Morgan fingerprint density at radius 1 is 0.950 bits per heavy atom. The van der Waals surface area contributed by atoms with Crippen LogP contribution >= 0.6 is 67.8 Å². The summed E-state index contributed by atoms with van der Waals surface area (Å²) in [7, 11) is 3.10. The maximum absolute atomic E-state index is 12.2. The van der Waals surface area contributed by atoms with Crippen molar-refractivity contribution >= 4 is 85.6 Å². The topological polar surface area (TPSA) is 101 Å². The van der Waals surface area contributed by atoms with Gasteiger partial charge in [-0.25, -0.2) is 4.79 Å². The molecule has 3 N–H and O–H groups in total. The Bertz CT molecular complexity index is 588. The molecule has 0 fully saturated rings. The number of aromatic carboxylic acids is 1. The fourth-order valence-corrected chi connectivity index (χ4v) is 6.10. The molecule has 1 aromatic carbocycles. The number of primary amides is 1.